The molecule has 0 unspecified atom stereocenters. The number of aromatic hydroxyl groups is 1. The molecule has 2 heterocycles. The molecule has 3 aromatic rings. The number of rotatable bonds is 2. The molecular weight excluding hydrogens is 300 g/mol. The van der Waals surface area contributed by atoms with Gasteiger partial charge in [0.15, 0.2) is 11.3 Å². The Morgan fingerprint density at radius 1 is 1.17 bits per heavy atom. The summed E-state index contributed by atoms with van der Waals surface area (Å²) in [5.74, 6) is 1.35. The van der Waals surface area contributed by atoms with E-state index in [9.17, 15) is 9.90 Å². The van der Waals surface area contributed by atoms with Crippen LogP contribution in [0.4, 0.5) is 0 Å². The molecule has 0 fully saturated rings. The van der Waals surface area contributed by atoms with Gasteiger partial charge in [0, 0.05) is 0 Å². The van der Waals surface area contributed by atoms with Crippen LogP contribution in [0.3, 0.4) is 0 Å². The Morgan fingerprint density at radius 3 is 2.70 bits per heavy atom. The maximum atomic E-state index is 12.8. The number of benzene rings is 2. The average Bonchev–Trinajstić information content (AvgIpc) is 3.03. The molecule has 0 bridgehead atoms. The minimum absolute atomic E-state index is 0.0705. The minimum atomic E-state index is -0.214. The number of methoxy groups -OCH3 is 1. The Morgan fingerprint density at radius 2 is 1.96 bits per heavy atom. The highest BCUT2D eigenvalue weighted by molar-refractivity contribution is 5.90. The summed E-state index contributed by atoms with van der Waals surface area (Å²) in [5, 5.41) is 9.71. The van der Waals surface area contributed by atoms with Crippen LogP contribution >= 0.6 is 0 Å². The van der Waals surface area contributed by atoms with Gasteiger partial charge < -0.3 is 23.7 Å². The number of hydrogen-bond donors (Lipinski definition) is 1. The fourth-order valence-electron chi connectivity index (χ4n) is 2.62. The number of hydrogen-bond acceptors (Lipinski definition) is 6. The van der Waals surface area contributed by atoms with E-state index in [4.69, 9.17) is 18.6 Å². The topological polar surface area (TPSA) is 78.1 Å². The van der Waals surface area contributed by atoms with Gasteiger partial charge >= 0.3 is 0 Å². The summed E-state index contributed by atoms with van der Waals surface area (Å²) < 4.78 is 21.7. The van der Waals surface area contributed by atoms with Gasteiger partial charge in [-0.25, -0.2) is 0 Å². The van der Waals surface area contributed by atoms with Gasteiger partial charge in [-0.2, -0.15) is 0 Å². The van der Waals surface area contributed by atoms with E-state index in [1.54, 1.807) is 18.2 Å². The Balaban J connectivity index is 2.00. The standard InChI is InChI=1S/C17H12O6/c1-20-17-15-11(6-13-16(17)23-8-22-13)14(19)12(7-21-15)9-2-4-10(18)5-3-9/h2-7,18H,8H2,1H3. The zero-order valence-electron chi connectivity index (χ0n) is 12.2. The van der Waals surface area contributed by atoms with Gasteiger partial charge in [-0.1, -0.05) is 12.1 Å². The molecule has 0 saturated heterocycles. The lowest BCUT2D eigenvalue weighted by Gasteiger charge is -2.09. The van der Waals surface area contributed by atoms with Crippen molar-refractivity contribution in [1.82, 2.24) is 0 Å². The molecule has 1 N–H and O–H groups in total. The van der Waals surface area contributed by atoms with Gasteiger partial charge in [0.05, 0.1) is 18.1 Å². The second-order valence-electron chi connectivity index (χ2n) is 5.05. The van der Waals surface area contributed by atoms with E-state index in [-0.39, 0.29) is 18.0 Å². The summed E-state index contributed by atoms with van der Waals surface area (Å²) in [4.78, 5) is 12.8. The summed E-state index contributed by atoms with van der Waals surface area (Å²) in [7, 11) is 1.48. The number of phenols is 1. The summed E-state index contributed by atoms with van der Waals surface area (Å²) in [6.07, 6.45) is 1.38. The summed E-state index contributed by atoms with van der Waals surface area (Å²) in [6.45, 7) is 0.0705. The second kappa shape index (κ2) is 4.95. The number of fused-ring (bicyclic) bond motifs is 2. The van der Waals surface area contributed by atoms with Crippen molar-refractivity contribution >= 4 is 11.0 Å². The highest BCUT2D eigenvalue weighted by atomic mass is 16.7. The fourth-order valence-corrected chi connectivity index (χ4v) is 2.62. The molecule has 0 saturated carbocycles. The summed E-state index contributed by atoms with van der Waals surface area (Å²) >= 11 is 0. The Kier molecular flexibility index (Phi) is 2.90. The molecule has 2 aromatic carbocycles. The van der Waals surface area contributed by atoms with Crippen molar-refractivity contribution in [3.8, 4) is 34.1 Å². The zero-order valence-corrected chi connectivity index (χ0v) is 12.2. The third-order valence-electron chi connectivity index (χ3n) is 3.74. The molecule has 0 atom stereocenters. The van der Waals surface area contributed by atoms with Crippen LogP contribution < -0.4 is 19.6 Å². The van der Waals surface area contributed by atoms with Crippen LogP contribution in [0.5, 0.6) is 23.0 Å². The van der Waals surface area contributed by atoms with Crippen molar-refractivity contribution in [3.63, 3.8) is 0 Å². The largest absolute Gasteiger partial charge is 0.508 e. The van der Waals surface area contributed by atoms with Crippen molar-refractivity contribution in [2.24, 2.45) is 0 Å². The van der Waals surface area contributed by atoms with Gasteiger partial charge in [-0.05, 0) is 23.8 Å². The first-order chi connectivity index (χ1) is 11.2. The highest BCUT2D eigenvalue weighted by Crippen LogP contribution is 2.45. The van der Waals surface area contributed by atoms with E-state index >= 15 is 0 Å². The van der Waals surface area contributed by atoms with E-state index in [1.165, 1.54) is 25.5 Å². The van der Waals surface area contributed by atoms with E-state index in [2.05, 4.69) is 0 Å². The molecule has 0 amide bonds. The predicted octanol–water partition coefficient (Wildman–Crippen LogP) is 2.90. The smallest absolute Gasteiger partial charge is 0.231 e. The maximum absolute atomic E-state index is 12.8. The van der Waals surface area contributed by atoms with Crippen LogP contribution in [-0.4, -0.2) is 19.0 Å². The monoisotopic (exact) mass is 312 g/mol. The zero-order chi connectivity index (χ0) is 16.0. The fraction of sp³-hybridized carbons (Fsp3) is 0.118. The van der Waals surface area contributed by atoms with Crippen LogP contribution in [0.25, 0.3) is 22.1 Å². The van der Waals surface area contributed by atoms with Crippen molar-refractivity contribution < 1.29 is 23.7 Å². The first-order valence-electron chi connectivity index (χ1n) is 6.90. The lowest BCUT2D eigenvalue weighted by molar-refractivity contribution is 0.171. The van der Waals surface area contributed by atoms with E-state index in [1.807, 2.05) is 0 Å². The van der Waals surface area contributed by atoms with Crippen LogP contribution in [-0.2, 0) is 0 Å². The average molecular weight is 312 g/mol. The van der Waals surface area contributed by atoms with Crippen LogP contribution in [0, 0.1) is 0 Å². The Labute approximate surface area is 130 Å². The summed E-state index contributed by atoms with van der Waals surface area (Å²) in [6, 6.07) is 7.92. The third kappa shape index (κ3) is 1.99. The lowest BCUT2D eigenvalue weighted by Crippen LogP contribution is -2.05. The highest BCUT2D eigenvalue weighted by Gasteiger charge is 2.25. The molecule has 0 spiro atoms. The molecule has 1 aliphatic heterocycles. The second-order valence-corrected chi connectivity index (χ2v) is 5.05. The van der Waals surface area contributed by atoms with Crippen molar-refractivity contribution in [2.75, 3.05) is 13.9 Å². The molecular formula is C17H12O6. The molecule has 116 valence electrons. The lowest BCUT2D eigenvalue weighted by atomic mass is 10.0. The first kappa shape index (κ1) is 13.5. The molecule has 0 radical (unpaired) electrons. The van der Waals surface area contributed by atoms with Crippen molar-refractivity contribution in [2.45, 2.75) is 0 Å². The van der Waals surface area contributed by atoms with Crippen LogP contribution in [0.1, 0.15) is 0 Å². The third-order valence-corrected chi connectivity index (χ3v) is 3.74. The molecule has 1 aromatic heterocycles. The first-order valence-corrected chi connectivity index (χ1v) is 6.90. The number of phenolic OH excluding ortho intramolecular Hbond substituents is 1. The van der Waals surface area contributed by atoms with Gasteiger partial charge in [0.2, 0.25) is 23.7 Å². The van der Waals surface area contributed by atoms with Crippen molar-refractivity contribution in [1.29, 1.82) is 0 Å². The van der Waals surface area contributed by atoms with Crippen molar-refractivity contribution in [3.05, 3.63) is 46.8 Å². The molecule has 6 heteroatoms. The Hall–Kier alpha value is -3.15. The molecule has 23 heavy (non-hydrogen) atoms. The molecule has 6 nitrogen and oxygen atoms in total. The quantitative estimate of drug-likeness (QED) is 0.784. The maximum Gasteiger partial charge on any atom is 0.231 e. The van der Waals surface area contributed by atoms with Crippen LogP contribution in [0.15, 0.2) is 45.8 Å². The SMILES string of the molecule is COc1c2c(cc3c(=O)c(-c4ccc(O)cc4)coc13)OCO2. The minimum Gasteiger partial charge on any atom is -0.508 e. The normalized spacial score (nSPS) is 12.6. The predicted molar refractivity (Wildman–Crippen MR) is 82.3 cm³/mol. The Bertz CT molecular complexity index is 955. The van der Waals surface area contributed by atoms with E-state index in [0.29, 0.717) is 39.3 Å². The van der Waals surface area contributed by atoms with Gasteiger partial charge in [-0.15, -0.1) is 0 Å². The molecule has 4 rings (SSSR count). The van der Waals surface area contributed by atoms with Gasteiger partial charge in [0.25, 0.3) is 0 Å². The number of ether oxygens (including phenoxy) is 3. The van der Waals surface area contributed by atoms with E-state index in [0.717, 1.165) is 0 Å². The van der Waals surface area contributed by atoms with E-state index < -0.39 is 0 Å². The van der Waals surface area contributed by atoms with Gasteiger partial charge in [-0.3, -0.25) is 4.79 Å². The summed E-state index contributed by atoms with van der Waals surface area (Å²) in [5.41, 5.74) is 1.13. The molecule has 1 aliphatic rings. The van der Waals surface area contributed by atoms with Gasteiger partial charge in [0.1, 0.15) is 12.0 Å². The molecule has 0 aliphatic carbocycles. The van der Waals surface area contributed by atoms with Crippen LogP contribution in [0.2, 0.25) is 0 Å².